The van der Waals surface area contributed by atoms with E-state index in [0.29, 0.717) is 6.04 Å². The quantitative estimate of drug-likeness (QED) is 0.785. The second-order valence-corrected chi connectivity index (χ2v) is 4.80. The van der Waals surface area contributed by atoms with Crippen molar-refractivity contribution in [2.45, 2.75) is 32.2 Å². The fourth-order valence-electron chi connectivity index (χ4n) is 2.29. The number of rotatable bonds is 5. The lowest BCUT2D eigenvalue weighted by Gasteiger charge is -2.17. The number of hydrogen-bond donors (Lipinski definition) is 1. The SMILES string of the molecule is C=C(C)CCC(NC)c1ccc2c(c1)CCO2. The number of ether oxygens (including phenoxy) is 1. The van der Waals surface area contributed by atoms with Crippen LogP contribution in [0.25, 0.3) is 0 Å². The maximum atomic E-state index is 5.53. The minimum Gasteiger partial charge on any atom is -0.493 e. The fraction of sp³-hybridized carbons (Fsp3) is 0.467. The average molecular weight is 231 g/mol. The zero-order chi connectivity index (χ0) is 12.3. The van der Waals surface area contributed by atoms with E-state index in [4.69, 9.17) is 4.74 Å². The predicted molar refractivity (Wildman–Crippen MR) is 71.5 cm³/mol. The molecule has 0 fully saturated rings. The summed E-state index contributed by atoms with van der Waals surface area (Å²) in [6.07, 6.45) is 3.21. The summed E-state index contributed by atoms with van der Waals surface area (Å²) in [6, 6.07) is 6.96. The summed E-state index contributed by atoms with van der Waals surface area (Å²) in [5.41, 5.74) is 3.95. The third kappa shape index (κ3) is 2.89. The smallest absolute Gasteiger partial charge is 0.122 e. The summed E-state index contributed by atoms with van der Waals surface area (Å²) in [7, 11) is 2.02. The van der Waals surface area contributed by atoms with E-state index in [-0.39, 0.29) is 0 Å². The first-order chi connectivity index (χ1) is 8.20. The summed E-state index contributed by atoms with van der Waals surface area (Å²) in [5.74, 6) is 1.06. The number of allylic oxidation sites excluding steroid dienone is 1. The third-order valence-corrected chi connectivity index (χ3v) is 3.32. The van der Waals surface area contributed by atoms with Crippen LogP contribution in [0.3, 0.4) is 0 Å². The lowest BCUT2D eigenvalue weighted by Crippen LogP contribution is -2.16. The molecule has 0 saturated heterocycles. The first-order valence-electron chi connectivity index (χ1n) is 6.28. The van der Waals surface area contributed by atoms with E-state index in [0.717, 1.165) is 31.6 Å². The van der Waals surface area contributed by atoms with Crippen molar-refractivity contribution in [2.24, 2.45) is 0 Å². The summed E-state index contributed by atoms with van der Waals surface area (Å²) in [5, 5.41) is 3.38. The maximum Gasteiger partial charge on any atom is 0.122 e. The van der Waals surface area contributed by atoms with Crippen LogP contribution in [0, 0.1) is 0 Å². The zero-order valence-electron chi connectivity index (χ0n) is 10.8. The molecule has 1 heterocycles. The van der Waals surface area contributed by atoms with Gasteiger partial charge < -0.3 is 10.1 Å². The number of hydrogen-bond acceptors (Lipinski definition) is 2. The third-order valence-electron chi connectivity index (χ3n) is 3.32. The van der Waals surface area contributed by atoms with Gasteiger partial charge in [-0.3, -0.25) is 0 Å². The highest BCUT2D eigenvalue weighted by atomic mass is 16.5. The highest BCUT2D eigenvalue weighted by molar-refractivity contribution is 5.40. The molecule has 1 aliphatic rings. The minimum absolute atomic E-state index is 0.414. The van der Waals surface area contributed by atoms with Crippen LogP contribution < -0.4 is 10.1 Å². The van der Waals surface area contributed by atoms with Gasteiger partial charge in [0.15, 0.2) is 0 Å². The highest BCUT2D eigenvalue weighted by Gasteiger charge is 2.15. The van der Waals surface area contributed by atoms with Gasteiger partial charge in [-0.1, -0.05) is 17.7 Å². The molecule has 1 N–H and O–H groups in total. The van der Waals surface area contributed by atoms with E-state index in [2.05, 4.69) is 37.0 Å². The Bertz CT molecular complexity index is 411. The molecule has 17 heavy (non-hydrogen) atoms. The van der Waals surface area contributed by atoms with Crippen molar-refractivity contribution in [1.29, 1.82) is 0 Å². The minimum atomic E-state index is 0.414. The normalized spacial score (nSPS) is 15.2. The van der Waals surface area contributed by atoms with Crippen LogP contribution in [0.1, 0.15) is 36.9 Å². The van der Waals surface area contributed by atoms with Gasteiger partial charge in [-0.15, -0.1) is 6.58 Å². The van der Waals surface area contributed by atoms with Gasteiger partial charge in [-0.2, -0.15) is 0 Å². The lowest BCUT2D eigenvalue weighted by molar-refractivity contribution is 0.356. The predicted octanol–water partition coefficient (Wildman–Crippen LogP) is 3.24. The summed E-state index contributed by atoms with van der Waals surface area (Å²) >= 11 is 0. The molecule has 2 nitrogen and oxygen atoms in total. The Balaban J connectivity index is 2.11. The van der Waals surface area contributed by atoms with Crippen LogP contribution in [0.15, 0.2) is 30.4 Å². The Morgan fingerprint density at radius 2 is 2.35 bits per heavy atom. The van der Waals surface area contributed by atoms with E-state index in [1.807, 2.05) is 7.05 Å². The highest BCUT2D eigenvalue weighted by Crippen LogP contribution is 2.29. The monoisotopic (exact) mass is 231 g/mol. The van der Waals surface area contributed by atoms with Crippen molar-refractivity contribution in [3.8, 4) is 5.75 Å². The molecule has 1 aromatic carbocycles. The van der Waals surface area contributed by atoms with Crippen molar-refractivity contribution in [3.63, 3.8) is 0 Å². The van der Waals surface area contributed by atoms with E-state index in [1.165, 1.54) is 16.7 Å². The molecular formula is C15H21NO. The first kappa shape index (κ1) is 12.2. The molecule has 0 saturated carbocycles. The Morgan fingerprint density at radius 3 is 3.06 bits per heavy atom. The van der Waals surface area contributed by atoms with Gasteiger partial charge in [-0.05, 0) is 44.0 Å². The molecule has 1 atom stereocenters. The molecule has 1 unspecified atom stereocenters. The van der Waals surface area contributed by atoms with Gasteiger partial charge in [0.05, 0.1) is 6.61 Å². The molecule has 2 rings (SSSR count). The van der Waals surface area contributed by atoms with Crippen molar-refractivity contribution < 1.29 is 4.74 Å². The average Bonchev–Trinajstić information content (AvgIpc) is 2.76. The number of benzene rings is 1. The maximum absolute atomic E-state index is 5.53. The van der Waals surface area contributed by atoms with Gasteiger partial charge in [0, 0.05) is 12.5 Å². The van der Waals surface area contributed by atoms with Gasteiger partial charge >= 0.3 is 0 Å². The second-order valence-electron chi connectivity index (χ2n) is 4.80. The Morgan fingerprint density at radius 1 is 1.53 bits per heavy atom. The van der Waals surface area contributed by atoms with E-state index in [9.17, 15) is 0 Å². The van der Waals surface area contributed by atoms with Gasteiger partial charge in [0.2, 0.25) is 0 Å². The zero-order valence-corrected chi connectivity index (χ0v) is 10.8. The van der Waals surface area contributed by atoms with Crippen molar-refractivity contribution in [1.82, 2.24) is 5.32 Å². The summed E-state index contributed by atoms with van der Waals surface area (Å²) in [4.78, 5) is 0. The Kier molecular flexibility index (Phi) is 3.85. The molecule has 0 amide bonds. The first-order valence-corrected chi connectivity index (χ1v) is 6.28. The number of fused-ring (bicyclic) bond motifs is 1. The van der Waals surface area contributed by atoms with E-state index >= 15 is 0 Å². The molecule has 2 heteroatoms. The van der Waals surface area contributed by atoms with Crippen LogP contribution in [0.2, 0.25) is 0 Å². The molecule has 0 aliphatic carbocycles. The van der Waals surface area contributed by atoms with Crippen molar-refractivity contribution in [2.75, 3.05) is 13.7 Å². The molecule has 0 bridgehead atoms. The van der Waals surface area contributed by atoms with E-state index < -0.39 is 0 Å². The van der Waals surface area contributed by atoms with Crippen LogP contribution >= 0.6 is 0 Å². The number of nitrogens with one attached hydrogen (secondary N) is 1. The second kappa shape index (κ2) is 5.37. The lowest BCUT2D eigenvalue weighted by atomic mass is 9.98. The molecule has 1 aromatic rings. The van der Waals surface area contributed by atoms with Gasteiger partial charge in [-0.25, -0.2) is 0 Å². The largest absolute Gasteiger partial charge is 0.493 e. The van der Waals surface area contributed by atoms with Gasteiger partial charge in [0.25, 0.3) is 0 Å². The Hall–Kier alpha value is -1.28. The van der Waals surface area contributed by atoms with Crippen LogP contribution in [0.5, 0.6) is 5.75 Å². The Labute approximate surface area is 104 Å². The molecule has 0 radical (unpaired) electrons. The van der Waals surface area contributed by atoms with Crippen molar-refractivity contribution >= 4 is 0 Å². The molecule has 1 aliphatic heterocycles. The summed E-state index contributed by atoms with van der Waals surface area (Å²) < 4.78 is 5.53. The van der Waals surface area contributed by atoms with Crippen LogP contribution in [-0.4, -0.2) is 13.7 Å². The summed E-state index contributed by atoms with van der Waals surface area (Å²) in [6.45, 7) is 6.88. The molecule has 92 valence electrons. The van der Waals surface area contributed by atoms with E-state index in [1.54, 1.807) is 0 Å². The van der Waals surface area contributed by atoms with Crippen LogP contribution in [-0.2, 0) is 6.42 Å². The topological polar surface area (TPSA) is 21.3 Å². The fourth-order valence-corrected chi connectivity index (χ4v) is 2.29. The molecule has 0 aromatic heterocycles. The molecular weight excluding hydrogens is 210 g/mol. The standard InChI is InChI=1S/C15H21NO/c1-11(2)4-6-14(16-3)12-5-7-15-13(10-12)8-9-17-15/h5,7,10,14,16H,1,4,6,8-9H2,2-3H3. The van der Waals surface area contributed by atoms with Crippen molar-refractivity contribution in [3.05, 3.63) is 41.5 Å². The molecule has 0 spiro atoms. The van der Waals surface area contributed by atoms with Crippen LogP contribution in [0.4, 0.5) is 0 Å². The van der Waals surface area contributed by atoms with Gasteiger partial charge in [0.1, 0.15) is 5.75 Å².